The smallest absolute Gasteiger partial charge is 0.499 e. The van der Waals surface area contributed by atoms with Crippen molar-refractivity contribution in [2.75, 3.05) is 0 Å². The zero-order valence-corrected chi connectivity index (χ0v) is 37.1. The van der Waals surface area contributed by atoms with Crippen LogP contribution in [0.5, 0.6) is 11.5 Å². The molecular weight excluding hydrogens is 805 g/mol. The highest BCUT2D eigenvalue weighted by Crippen LogP contribution is 2.55. The Morgan fingerprint density at radius 2 is 0.738 bits per heavy atom. The largest absolute Gasteiger partial charge is 0.507 e. The van der Waals surface area contributed by atoms with E-state index in [1.807, 2.05) is 0 Å². The van der Waals surface area contributed by atoms with Gasteiger partial charge in [0.15, 0.2) is 0 Å². The van der Waals surface area contributed by atoms with Crippen molar-refractivity contribution >= 4 is 56.8 Å². The average Bonchev–Trinajstić information content (AvgIpc) is 3.51. The number of fused-ring (bicyclic) bond motifs is 9. The Balaban J connectivity index is 1.12. The van der Waals surface area contributed by atoms with Crippen molar-refractivity contribution in [1.29, 1.82) is 0 Å². The molecule has 0 amide bonds. The van der Waals surface area contributed by atoms with Crippen molar-refractivity contribution in [2.45, 2.75) is 13.0 Å². The second kappa shape index (κ2) is 15.7. The molecule has 0 aromatic heterocycles. The molecule has 0 unspecified atom stereocenters. The van der Waals surface area contributed by atoms with Crippen molar-refractivity contribution in [3.8, 4) is 67.1 Å². The lowest BCUT2D eigenvalue weighted by atomic mass is 9.86. The topological polar surface area (TPSA) is 18.5 Å². The van der Waals surface area contributed by atoms with Crippen LogP contribution in [0.3, 0.4) is 0 Å². The third kappa shape index (κ3) is 6.80. The minimum absolute atomic E-state index is 0.566. The number of benzene rings is 11. The molecule has 3 heteroatoms. The highest BCUT2D eigenvalue weighted by molar-refractivity contribution is 6.83. The fraction of sp³-hybridized carbons (Fsp3) is 0.0323. The summed E-state index contributed by atoms with van der Waals surface area (Å²) in [6.07, 6.45) is 0. The van der Waals surface area contributed by atoms with Gasteiger partial charge in [0.05, 0.1) is 0 Å². The molecule has 0 aliphatic carbocycles. The van der Waals surface area contributed by atoms with E-state index in [1.165, 1.54) is 43.8 Å². The number of hydrogen-bond acceptors (Lipinski definition) is 2. The molecular formula is C62H44O2Si. The third-order valence-corrected chi connectivity index (χ3v) is 16.4. The van der Waals surface area contributed by atoms with Crippen LogP contribution in [-0.2, 0) is 0 Å². The van der Waals surface area contributed by atoms with Crippen molar-refractivity contribution in [3.63, 3.8) is 0 Å². The molecule has 308 valence electrons. The second-order valence-electron chi connectivity index (χ2n) is 17.4. The standard InChI is InChI=1S/C62H44O2Si/c1-41(2)40-65(54-20-4-3-5-21-54)63-61-57(46-30-24-44(25-31-46)50-34-28-42-14-6-8-16-48(42)36-50)38-52-18-10-12-22-55(52)59(61)60-56-23-13-11-19-53(56)39-58(62(60)64-65)47-32-26-45(27-33-47)51-35-29-43-15-7-9-17-49(43)37-51/h3-39H,1,40H2,2H3. The number of rotatable bonds is 7. The van der Waals surface area contributed by atoms with E-state index < -0.39 is 8.56 Å². The van der Waals surface area contributed by atoms with Gasteiger partial charge in [-0.15, -0.1) is 6.58 Å². The molecule has 0 fully saturated rings. The lowest BCUT2D eigenvalue weighted by molar-refractivity contribution is 0.411. The molecule has 1 heterocycles. The van der Waals surface area contributed by atoms with Crippen molar-refractivity contribution < 1.29 is 8.85 Å². The fourth-order valence-corrected chi connectivity index (χ4v) is 13.2. The number of hydrogen-bond donors (Lipinski definition) is 0. The van der Waals surface area contributed by atoms with E-state index in [2.05, 4.69) is 238 Å². The van der Waals surface area contributed by atoms with Gasteiger partial charge in [-0.25, -0.2) is 0 Å². The molecule has 11 aromatic carbocycles. The van der Waals surface area contributed by atoms with Crippen molar-refractivity contribution in [1.82, 2.24) is 0 Å². The maximum absolute atomic E-state index is 7.89. The number of allylic oxidation sites excluding steroid dienone is 1. The zero-order valence-electron chi connectivity index (χ0n) is 36.1. The maximum Gasteiger partial charge on any atom is 0.499 e. The lowest BCUT2D eigenvalue weighted by Crippen LogP contribution is -2.59. The summed E-state index contributed by atoms with van der Waals surface area (Å²) in [5.41, 5.74) is 12.0. The molecule has 2 nitrogen and oxygen atoms in total. The Hall–Kier alpha value is -7.98. The summed E-state index contributed by atoms with van der Waals surface area (Å²) in [4.78, 5) is 0. The molecule has 65 heavy (non-hydrogen) atoms. The summed E-state index contributed by atoms with van der Waals surface area (Å²) >= 11 is 0. The first-order valence-corrected chi connectivity index (χ1v) is 24.4. The van der Waals surface area contributed by atoms with Gasteiger partial charge in [0.25, 0.3) is 0 Å². The van der Waals surface area contributed by atoms with Gasteiger partial charge < -0.3 is 8.85 Å². The molecule has 0 atom stereocenters. The molecule has 0 saturated heterocycles. The Kier molecular flexibility index (Phi) is 9.32. The van der Waals surface area contributed by atoms with E-state index in [-0.39, 0.29) is 0 Å². The summed E-state index contributed by atoms with van der Waals surface area (Å²) in [6.45, 7) is 6.61. The van der Waals surface area contributed by atoms with Gasteiger partial charge in [-0.2, -0.15) is 0 Å². The van der Waals surface area contributed by atoms with Gasteiger partial charge in [-0.05, 0) is 108 Å². The summed E-state index contributed by atoms with van der Waals surface area (Å²) in [7, 11) is -3.46. The average molecular weight is 849 g/mol. The van der Waals surface area contributed by atoms with Gasteiger partial charge in [0.1, 0.15) is 11.5 Å². The molecule has 0 spiro atoms. The predicted octanol–water partition coefficient (Wildman–Crippen LogP) is 16.3. The van der Waals surface area contributed by atoms with Crippen LogP contribution >= 0.6 is 0 Å². The molecule has 12 rings (SSSR count). The molecule has 0 saturated carbocycles. The molecule has 11 aromatic rings. The second-order valence-corrected chi connectivity index (χ2v) is 20.3. The first kappa shape index (κ1) is 38.7. The van der Waals surface area contributed by atoms with Crippen LogP contribution in [0.4, 0.5) is 0 Å². The summed E-state index contributed by atoms with van der Waals surface area (Å²) in [5.74, 6) is 1.68. The first-order chi connectivity index (χ1) is 32.0. The van der Waals surface area contributed by atoms with Gasteiger partial charge in [-0.1, -0.05) is 206 Å². The highest BCUT2D eigenvalue weighted by atomic mass is 28.4. The van der Waals surface area contributed by atoms with Crippen LogP contribution in [0, 0.1) is 0 Å². The molecule has 1 aliphatic heterocycles. The predicted molar refractivity (Wildman–Crippen MR) is 276 cm³/mol. The monoisotopic (exact) mass is 848 g/mol. The van der Waals surface area contributed by atoms with Crippen molar-refractivity contribution in [2.24, 2.45) is 0 Å². The van der Waals surface area contributed by atoms with Gasteiger partial charge >= 0.3 is 8.56 Å². The van der Waals surface area contributed by atoms with E-state index >= 15 is 0 Å². The SMILES string of the molecule is C=C(C)C[Si]1(c2ccccc2)Oc2c(-c3ccc(-c4ccc5ccccc5c4)cc3)cc3ccccc3c2-c2c(c(-c3ccc(-c4ccc5ccccc5c4)cc3)cc3ccccc23)O1. The summed E-state index contributed by atoms with van der Waals surface area (Å²) in [5, 5.41) is 10.5. The highest BCUT2D eigenvalue weighted by Gasteiger charge is 2.49. The molecule has 1 aliphatic rings. The third-order valence-electron chi connectivity index (χ3n) is 13.1. The van der Waals surface area contributed by atoms with Crippen LogP contribution in [0.2, 0.25) is 6.04 Å². The van der Waals surface area contributed by atoms with Crippen molar-refractivity contribution in [3.05, 3.63) is 237 Å². The summed E-state index contributed by atoms with van der Waals surface area (Å²) < 4.78 is 15.8. The lowest BCUT2D eigenvalue weighted by Gasteiger charge is -2.32. The maximum atomic E-state index is 7.89. The van der Waals surface area contributed by atoms with E-state index in [0.717, 1.165) is 77.2 Å². The Morgan fingerprint density at radius 1 is 0.369 bits per heavy atom. The van der Waals surface area contributed by atoms with E-state index in [9.17, 15) is 0 Å². The van der Waals surface area contributed by atoms with E-state index in [0.29, 0.717) is 6.04 Å². The zero-order chi connectivity index (χ0) is 43.5. The Labute approximate surface area is 380 Å². The normalized spacial score (nSPS) is 12.9. The van der Waals surface area contributed by atoms with Crippen LogP contribution in [-0.4, -0.2) is 8.56 Å². The van der Waals surface area contributed by atoms with E-state index in [4.69, 9.17) is 8.85 Å². The molecule has 0 bridgehead atoms. The van der Waals surface area contributed by atoms with Crippen LogP contribution in [0.1, 0.15) is 6.92 Å². The van der Waals surface area contributed by atoms with Crippen LogP contribution in [0.15, 0.2) is 237 Å². The minimum Gasteiger partial charge on any atom is -0.507 e. The quantitative estimate of drug-likeness (QED) is 0.117. The molecule has 0 radical (unpaired) electrons. The van der Waals surface area contributed by atoms with Gasteiger partial charge in [0.2, 0.25) is 0 Å². The fourth-order valence-electron chi connectivity index (χ4n) is 9.95. The first-order valence-electron chi connectivity index (χ1n) is 22.4. The van der Waals surface area contributed by atoms with Gasteiger partial charge in [-0.3, -0.25) is 0 Å². The Morgan fingerprint density at radius 3 is 1.18 bits per heavy atom. The molecule has 0 N–H and O–H groups in total. The van der Waals surface area contributed by atoms with E-state index in [1.54, 1.807) is 0 Å². The van der Waals surface area contributed by atoms with Crippen LogP contribution < -0.4 is 14.0 Å². The summed E-state index contributed by atoms with van der Waals surface area (Å²) in [6, 6.07) is 81.7. The Bertz CT molecular complexity index is 3430. The van der Waals surface area contributed by atoms with Crippen LogP contribution in [0.25, 0.3) is 98.7 Å². The van der Waals surface area contributed by atoms with Gasteiger partial charge in [0, 0.05) is 33.5 Å². The minimum atomic E-state index is -3.46.